The largest absolute Gasteiger partial charge is 0.172 e. The molecular weight excluding hydrogens is 552 g/mol. The Morgan fingerprint density at radius 1 is 0.422 bits per heavy atom. The lowest BCUT2D eigenvalue weighted by Gasteiger charge is -2.35. The minimum Gasteiger partial charge on any atom is -0.172 e. The first-order valence-electron chi connectivity index (χ1n) is 15.1. The van der Waals surface area contributed by atoms with Gasteiger partial charge in [0, 0.05) is 0 Å². The molecule has 2 atom stereocenters. The number of hydrogen-bond donors (Lipinski definition) is 0. The van der Waals surface area contributed by atoms with Crippen molar-refractivity contribution in [1.29, 1.82) is 0 Å². The van der Waals surface area contributed by atoms with E-state index in [2.05, 4.69) is 104 Å². The van der Waals surface area contributed by atoms with Gasteiger partial charge in [-0.15, -0.1) is 0 Å². The SMILES string of the molecule is Cc1ccc(C(c2ccccc2)(c2ccc(C(c3ccccc3)n3nc4ccccc4n3)cc2)n2nc3ccccc3n2)cc1. The second kappa shape index (κ2) is 11.0. The molecule has 6 aromatic carbocycles. The first kappa shape index (κ1) is 26.7. The number of fused-ring (bicyclic) bond motifs is 2. The zero-order chi connectivity index (χ0) is 30.2. The Morgan fingerprint density at radius 3 is 1.36 bits per heavy atom. The van der Waals surface area contributed by atoms with Crippen molar-refractivity contribution in [1.82, 2.24) is 30.0 Å². The quantitative estimate of drug-likeness (QED) is 0.179. The molecule has 0 N–H and O–H groups in total. The van der Waals surface area contributed by atoms with Crippen LogP contribution in [0.25, 0.3) is 22.1 Å². The predicted octanol–water partition coefficient (Wildman–Crippen LogP) is 7.96. The molecule has 2 aromatic heterocycles. The number of aromatic nitrogens is 6. The maximum Gasteiger partial charge on any atom is 0.157 e. The fourth-order valence-electron chi connectivity index (χ4n) is 6.32. The summed E-state index contributed by atoms with van der Waals surface area (Å²) in [5.41, 5.74) is 9.19. The summed E-state index contributed by atoms with van der Waals surface area (Å²) in [6.45, 7) is 2.11. The molecule has 0 spiro atoms. The van der Waals surface area contributed by atoms with Gasteiger partial charge in [-0.05, 0) is 59.0 Å². The van der Waals surface area contributed by atoms with E-state index in [1.54, 1.807) is 0 Å². The first-order valence-corrected chi connectivity index (χ1v) is 15.1. The number of rotatable bonds is 7. The van der Waals surface area contributed by atoms with Gasteiger partial charge >= 0.3 is 0 Å². The Bertz CT molecular complexity index is 2150. The van der Waals surface area contributed by atoms with Crippen molar-refractivity contribution in [2.45, 2.75) is 18.5 Å². The minimum absolute atomic E-state index is 0.205. The molecule has 0 aliphatic rings. The number of hydrogen-bond acceptors (Lipinski definition) is 4. The molecule has 0 aliphatic carbocycles. The molecule has 0 saturated carbocycles. The summed E-state index contributed by atoms with van der Waals surface area (Å²) in [5.74, 6) is 0. The van der Waals surface area contributed by atoms with Gasteiger partial charge < -0.3 is 0 Å². The van der Waals surface area contributed by atoms with Crippen LogP contribution in [0.15, 0.2) is 158 Å². The van der Waals surface area contributed by atoms with Gasteiger partial charge in [0.05, 0.1) is 0 Å². The molecule has 6 nitrogen and oxygen atoms in total. The smallest absolute Gasteiger partial charge is 0.157 e. The van der Waals surface area contributed by atoms with Crippen molar-refractivity contribution in [2.24, 2.45) is 0 Å². The Morgan fingerprint density at radius 2 is 0.822 bits per heavy atom. The maximum absolute atomic E-state index is 5.10. The minimum atomic E-state index is -0.826. The van der Waals surface area contributed by atoms with Crippen LogP contribution in [0.1, 0.15) is 39.4 Å². The van der Waals surface area contributed by atoms with Gasteiger partial charge in [0.1, 0.15) is 28.1 Å². The highest BCUT2D eigenvalue weighted by molar-refractivity contribution is 5.74. The van der Waals surface area contributed by atoms with Gasteiger partial charge in [0.15, 0.2) is 5.54 Å². The number of nitrogens with zero attached hydrogens (tertiary/aromatic N) is 6. The van der Waals surface area contributed by atoms with Gasteiger partial charge in [0.25, 0.3) is 0 Å². The summed E-state index contributed by atoms with van der Waals surface area (Å²) >= 11 is 0. The zero-order valence-corrected chi connectivity index (χ0v) is 24.8. The van der Waals surface area contributed by atoms with E-state index in [0.717, 1.165) is 49.9 Å². The fourth-order valence-corrected chi connectivity index (χ4v) is 6.32. The summed E-state index contributed by atoms with van der Waals surface area (Å²) in [6.07, 6.45) is 0. The van der Waals surface area contributed by atoms with Gasteiger partial charge in [0.2, 0.25) is 0 Å². The molecule has 2 unspecified atom stereocenters. The summed E-state index contributed by atoms with van der Waals surface area (Å²) in [4.78, 5) is 3.73. The lowest BCUT2D eigenvalue weighted by molar-refractivity contribution is 0.409. The van der Waals surface area contributed by atoms with Crippen LogP contribution < -0.4 is 0 Å². The van der Waals surface area contributed by atoms with Gasteiger partial charge in [-0.25, -0.2) is 0 Å². The highest BCUT2D eigenvalue weighted by atomic mass is 15.5. The number of benzene rings is 6. The van der Waals surface area contributed by atoms with Crippen molar-refractivity contribution < 1.29 is 0 Å². The molecule has 0 aliphatic heterocycles. The van der Waals surface area contributed by atoms with Crippen LogP contribution in [0.5, 0.6) is 0 Å². The number of aryl methyl sites for hydroxylation is 1. The van der Waals surface area contributed by atoms with E-state index in [4.69, 9.17) is 20.4 Å². The average Bonchev–Trinajstić information content (AvgIpc) is 3.72. The molecule has 2 heterocycles. The summed E-state index contributed by atoms with van der Waals surface area (Å²) in [5, 5.41) is 20.0. The third kappa shape index (κ3) is 4.59. The van der Waals surface area contributed by atoms with Crippen LogP contribution in [0.3, 0.4) is 0 Å². The maximum atomic E-state index is 5.10. The van der Waals surface area contributed by atoms with E-state index < -0.39 is 5.54 Å². The molecule has 216 valence electrons. The van der Waals surface area contributed by atoms with E-state index in [1.807, 2.05) is 70.3 Å². The molecular formula is C39H30N6. The molecule has 0 radical (unpaired) electrons. The molecule has 0 amide bonds. The van der Waals surface area contributed by atoms with Gasteiger partial charge in [-0.2, -0.15) is 30.0 Å². The van der Waals surface area contributed by atoms with Crippen molar-refractivity contribution in [3.05, 3.63) is 191 Å². The topological polar surface area (TPSA) is 61.4 Å². The third-order valence-electron chi connectivity index (χ3n) is 8.54. The molecule has 6 heteroatoms. The lowest BCUT2D eigenvalue weighted by atomic mass is 9.77. The Labute approximate surface area is 261 Å². The first-order chi connectivity index (χ1) is 22.2. The van der Waals surface area contributed by atoms with E-state index >= 15 is 0 Å². The van der Waals surface area contributed by atoms with Gasteiger partial charge in [-0.1, -0.05) is 139 Å². The highest BCUT2D eigenvalue weighted by Crippen LogP contribution is 2.41. The van der Waals surface area contributed by atoms with E-state index in [0.29, 0.717) is 0 Å². The monoisotopic (exact) mass is 582 g/mol. The van der Waals surface area contributed by atoms with E-state index in [9.17, 15) is 0 Å². The van der Waals surface area contributed by atoms with Crippen molar-refractivity contribution in [2.75, 3.05) is 0 Å². The molecule has 8 rings (SSSR count). The van der Waals surface area contributed by atoms with Crippen molar-refractivity contribution in [3.63, 3.8) is 0 Å². The zero-order valence-electron chi connectivity index (χ0n) is 24.8. The van der Waals surface area contributed by atoms with Crippen LogP contribution in [0.2, 0.25) is 0 Å². The second-order valence-corrected chi connectivity index (χ2v) is 11.4. The normalized spacial score (nSPS) is 13.5. The van der Waals surface area contributed by atoms with Crippen molar-refractivity contribution >= 4 is 22.1 Å². The molecule has 8 aromatic rings. The molecule has 0 saturated heterocycles. The third-order valence-corrected chi connectivity index (χ3v) is 8.54. The Balaban J connectivity index is 1.35. The fraction of sp³-hybridized carbons (Fsp3) is 0.0769. The van der Waals surface area contributed by atoms with Crippen LogP contribution in [-0.4, -0.2) is 30.0 Å². The van der Waals surface area contributed by atoms with Crippen molar-refractivity contribution in [3.8, 4) is 0 Å². The van der Waals surface area contributed by atoms with Gasteiger partial charge in [-0.3, -0.25) is 0 Å². The Hall–Kier alpha value is -5.88. The predicted molar refractivity (Wildman–Crippen MR) is 178 cm³/mol. The van der Waals surface area contributed by atoms with Crippen LogP contribution in [0.4, 0.5) is 0 Å². The van der Waals surface area contributed by atoms with Crippen LogP contribution in [0, 0.1) is 6.92 Å². The summed E-state index contributed by atoms with van der Waals surface area (Å²) in [7, 11) is 0. The molecule has 0 fully saturated rings. The summed E-state index contributed by atoms with van der Waals surface area (Å²) in [6, 6.07) is 54.2. The highest BCUT2D eigenvalue weighted by Gasteiger charge is 2.41. The lowest BCUT2D eigenvalue weighted by Crippen LogP contribution is -2.39. The Kier molecular flexibility index (Phi) is 6.53. The molecule has 45 heavy (non-hydrogen) atoms. The molecule has 0 bridgehead atoms. The van der Waals surface area contributed by atoms with E-state index in [1.165, 1.54) is 5.56 Å². The summed E-state index contributed by atoms with van der Waals surface area (Å²) < 4.78 is 0. The van der Waals surface area contributed by atoms with Crippen LogP contribution >= 0.6 is 0 Å². The van der Waals surface area contributed by atoms with Crippen LogP contribution in [-0.2, 0) is 5.54 Å². The second-order valence-electron chi connectivity index (χ2n) is 11.4. The standard InChI is InChI=1S/C39H30N6/c1-28-20-24-32(25-21-28)39(31-14-6-3-7-15-31,45-42-36-18-10-11-19-37(36)43-45)33-26-22-30(23-27-33)38(29-12-4-2-5-13-29)44-40-34-16-8-9-17-35(34)41-44/h2-27,38H,1H3. The van der Waals surface area contributed by atoms with E-state index in [-0.39, 0.29) is 6.04 Å². The average molecular weight is 583 g/mol.